The number of hydrogen-bond acceptors (Lipinski definition) is 8. The van der Waals surface area contributed by atoms with Crippen LogP contribution < -0.4 is 0 Å². The van der Waals surface area contributed by atoms with Crippen molar-refractivity contribution >= 4 is 15.6 Å². The van der Waals surface area contributed by atoms with Crippen LogP contribution in [0.25, 0.3) is 0 Å². The van der Waals surface area contributed by atoms with Crippen LogP contribution in [0.2, 0.25) is 0 Å². The van der Waals surface area contributed by atoms with Crippen LogP contribution in [0, 0.1) is 11.8 Å². The molecule has 0 aliphatic rings. The van der Waals surface area contributed by atoms with E-state index >= 15 is 0 Å². The zero-order chi connectivity index (χ0) is 70.6. The molecule has 2 unspecified atom stereocenters. The molecule has 0 amide bonds. The van der Waals surface area contributed by atoms with E-state index in [4.69, 9.17) is 27.6 Å². The van der Waals surface area contributed by atoms with Crippen LogP contribution in [0.1, 0.15) is 413 Å². The molecular weight excluding hydrogens is 1230 g/mol. The predicted molar refractivity (Wildman–Crippen MR) is 415 cm³/mol. The highest BCUT2D eigenvalue weighted by Gasteiger charge is 2.26. The summed E-state index contributed by atoms with van der Waals surface area (Å²) in [5.74, 6) is 1.76. The molecule has 0 rings (SSSR count). The van der Waals surface area contributed by atoms with Crippen molar-refractivity contribution in [3.63, 3.8) is 0 Å². The molecular formula is C82H172N2O10P2+2. The van der Waals surface area contributed by atoms with Gasteiger partial charge in [0.1, 0.15) is 26.3 Å². The molecule has 0 fully saturated rings. The Morgan fingerprint density at radius 1 is 0.260 bits per heavy atom. The molecule has 2 N–H and O–H groups in total. The Morgan fingerprint density at radius 2 is 0.448 bits per heavy atom. The zero-order valence-electron chi connectivity index (χ0n) is 66.3. The van der Waals surface area contributed by atoms with E-state index < -0.39 is 15.6 Å². The number of phosphoric acid groups is 2. The summed E-state index contributed by atoms with van der Waals surface area (Å²) in [4.78, 5) is 20.7. The number of rotatable bonds is 81. The lowest BCUT2D eigenvalue weighted by molar-refractivity contribution is -0.870. The van der Waals surface area contributed by atoms with Crippen LogP contribution in [-0.2, 0) is 36.7 Å². The number of likely N-dealkylation sites (N-methyl/N-ethyl adjacent to an activating group) is 2. The summed E-state index contributed by atoms with van der Waals surface area (Å²) >= 11 is 0. The lowest BCUT2D eigenvalue weighted by atomic mass is 9.96. The van der Waals surface area contributed by atoms with E-state index in [0.717, 1.165) is 50.4 Å². The third-order valence-electron chi connectivity index (χ3n) is 20.2. The van der Waals surface area contributed by atoms with Crippen molar-refractivity contribution in [3.8, 4) is 0 Å². The van der Waals surface area contributed by atoms with E-state index in [-0.39, 0.29) is 38.6 Å². The molecule has 0 saturated carbocycles. The van der Waals surface area contributed by atoms with Crippen molar-refractivity contribution in [3.05, 3.63) is 0 Å². The second-order valence-corrected chi connectivity index (χ2v) is 35.4. The van der Waals surface area contributed by atoms with E-state index in [1.165, 1.54) is 347 Å². The van der Waals surface area contributed by atoms with Crippen molar-refractivity contribution in [2.45, 2.75) is 425 Å². The molecule has 6 atom stereocenters. The first kappa shape index (κ1) is 96.1. The minimum Gasteiger partial charge on any atom is -0.376 e. The Labute approximate surface area is 600 Å². The predicted octanol–water partition coefficient (Wildman–Crippen LogP) is 26.2. The van der Waals surface area contributed by atoms with E-state index in [9.17, 15) is 18.9 Å². The van der Waals surface area contributed by atoms with Crippen LogP contribution in [0.15, 0.2) is 0 Å². The first-order valence-corrected chi connectivity index (χ1v) is 45.3. The lowest BCUT2D eigenvalue weighted by Crippen LogP contribution is -2.37. The van der Waals surface area contributed by atoms with Gasteiger partial charge in [-0.2, -0.15) is 0 Å². The quantitative estimate of drug-likeness (QED) is 0.0345. The Morgan fingerprint density at radius 3 is 0.656 bits per heavy atom. The maximum atomic E-state index is 12.7. The average molecular weight is 1410 g/mol. The van der Waals surface area contributed by atoms with Crippen molar-refractivity contribution in [2.75, 3.05) is 95.0 Å². The standard InChI is InChI=1S/C82H170N2O10P2/c1-11-13-15-57-65-79(3)67-59-51-45-43-49-55-63-73-89-81(77-93-95(85,86)91-75-71-83(5,6)7)69-61-53-47-41-39-37-35-33-31-29-27-25-23-21-19-17-18-20-22-24-26-28-30-32-34-36-38-40-42-48-54-62-70-82(78-94-96(87,88)92-76-72-84(8,9)10)90-74-64-56-50-44-46-52-60-68-80(4)66-58-16-14-12-2/h79-82H,11-78H2,1-10H3/p+2/t79-,80-,81+,82+/m1/s1. The number of quaternary nitrogens is 2. The minimum absolute atomic E-state index is 0.110. The van der Waals surface area contributed by atoms with Gasteiger partial charge in [-0.15, -0.1) is 0 Å². The normalized spacial score (nSPS) is 14.9. The zero-order valence-corrected chi connectivity index (χ0v) is 68.1. The number of ether oxygens (including phenoxy) is 2. The highest BCUT2D eigenvalue weighted by atomic mass is 31.2. The summed E-state index contributed by atoms with van der Waals surface area (Å²) in [6, 6.07) is 0. The van der Waals surface area contributed by atoms with Gasteiger partial charge in [0.15, 0.2) is 0 Å². The Balaban J connectivity index is 3.93. The average Bonchev–Trinajstić information content (AvgIpc) is 3.64. The van der Waals surface area contributed by atoms with Crippen LogP contribution >= 0.6 is 15.6 Å². The van der Waals surface area contributed by atoms with Gasteiger partial charge in [0.2, 0.25) is 0 Å². The number of unbranched alkanes of at least 4 members (excludes halogenated alkanes) is 49. The number of hydrogen-bond donors (Lipinski definition) is 2. The first-order chi connectivity index (χ1) is 46.3. The molecule has 96 heavy (non-hydrogen) atoms. The Bertz CT molecular complexity index is 1550. The summed E-state index contributed by atoms with van der Waals surface area (Å²) in [5, 5.41) is 0. The molecule has 0 radical (unpaired) electrons. The fourth-order valence-electron chi connectivity index (χ4n) is 13.4. The molecule has 0 aromatic heterocycles. The molecule has 0 aromatic rings. The van der Waals surface area contributed by atoms with Gasteiger partial charge in [0, 0.05) is 13.2 Å². The summed E-state index contributed by atoms with van der Waals surface area (Å²) in [5.41, 5.74) is 0. The summed E-state index contributed by atoms with van der Waals surface area (Å²) in [6.07, 6.45) is 78.9. The van der Waals surface area contributed by atoms with Crippen molar-refractivity contribution in [2.24, 2.45) is 11.8 Å². The molecule has 0 aliphatic heterocycles. The summed E-state index contributed by atoms with van der Waals surface area (Å²) < 4.78 is 60.8. The van der Waals surface area contributed by atoms with Crippen LogP contribution in [0.5, 0.6) is 0 Å². The summed E-state index contributed by atoms with van der Waals surface area (Å²) in [7, 11) is 4.02. The maximum Gasteiger partial charge on any atom is 0.472 e. The number of phosphoric ester groups is 2. The lowest BCUT2D eigenvalue weighted by Gasteiger charge is -2.24. The first-order valence-electron chi connectivity index (χ1n) is 42.3. The smallest absolute Gasteiger partial charge is 0.376 e. The Hall–Kier alpha value is 0.0600. The molecule has 0 aromatic carbocycles. The summed E-state index contributed by atoms with van der Waals surface area (Å²) in [6.45, 7) is 12.7. The van der Waals surface area contributed by atoms with Gasteiger partial charge >= 0.3 is 15.6 Å². The molecule has 14 heteroatoms. The van der Waals surface area contributed by atoms with Crippen molar-refractivity contribution < 1.29 is 55.5 Å². The highest BCUT2D eigenvalue weighted by Crippen LogP contribution is 2.44. The van der Waals surface area contributed by atoms with Gasteiger partial charge in [0.25, 0.3) is 0 Å². The van der Waals surface area contributed by atoms with E-state index in [0.29, 0.717) is 35.3 Å². The van der Waals surface area contributed by atoms with Gasteiger partial charge in [-0.05, 0) is 37.5 Å². The van der Waals surface area contributed by atoms with Crippen molar-refractivity contribution in [1.29, 1.82) is 0 Å². The van der Waals surface area contributed by atoms with Crippen LogP contribution in [-0.4, -0.2) is 126 Å². The molecule has 0 aliphatic carbocycles. The van der Waals surface area contributed by atoms with Gasteiger partial charge in [-0.25, -0.2) is 9.13 Å². The Kier molecular flexibility index (Phi) is 69.5. The van der Waals surface area contributed by atoms with Gasteiger partial charge in [-0.3, -0.25) is 18.1 Å². The van der Waals surface area contributed by atoms with Gasteiger partial charge in [0.05, 0.1) is 67.7 Å². The third-order valence-corrected chi connectivity index (χ3v) is 22.1. The third kappa shape index (κ3) is 76.7. The minimum atomic E-state index is -4.11. The maximum absolute atomic E-state index is 12.7. The van der Waals surface area contributed by atoms with E-state index in [2.05, 4.69) is 27.7 Å². The SMILES string of the molecule is CCCCCC[C@@H](C)CCCCCCCCCO[C@@H](CCCCCCCCCCCCCCCCCCCCCCCCCCCCCCCCCC[C@@H](COP(=O)(O)OCC[N+](C)(C)C)OCCCCCCCCC[C@H](C)CCCCCC)COP(=O)(O)OCC[N+](C)(C)C. The molecule has 0 spiro atoms. The molecule has 0 bridgehead atoms. The second kappa shape index (κ2) is 69.4. The van der Waals surface area contributed by atoms with E-state index in [1.54, 1.807) is 0 Å². The highest BCUT2D eigenvalue weighted by molar-refractivity contribution is 7.47. The van der Waals surface area contributed by atoms with Gasteiger partial charge < -0.3 is 28.2 Å². The van der Waals surface area contributed by atoms with Crippen LogP contribution in [0.4, 0.5) is 0 Å². The topological polar surface area (TPSA) is 130 Å². The second-order valence-electron chi connectivity index (χ2n) is 32.5. The largest absolute Gasteiger partial charge is 0.472 e. The fraction of sp³-hybridized carbons (Fsp3) is 1.00. The molecule has 578 valence electrons. The molecule has 0 heterocycles. The number of nitrogens with zero attached hydrogens (tertiary/aromatic N) is 2. The molecule has 0 saturated heterocycles. The fourth-order valence-corrected chi connectivity index (χ4v) is 14.8. The van der Waals surface area contributed by atoms with Gasteiger partial charge in [-0.1, -0.05) is 387 Å². The monoisotopic (exact) mass is 1410 g/mol. The van der Waals surface area contributed by atoms with Crippen molar-refractivity contribution in [1.82, 2.24) is 0 Å². The van der Waals surface area contributed by atoms with E-state index in [1.807, 2.05) is 42.3 Å². The molecule has 12 nitrogen and oxygen atoms in total. The van der Waals surface area contributed by atoms with Crippen LogP contribution in [0.3, 0.4) is 0 Å².